The molecule has 0 saturated carbocycles. The van der Waals surface area contributed by atoms with Crippen LogP contribution in [0.3, 0.4) is 0 Å². The topological polar surface area (TPSA) is 38.0 Å². The molecule has 1 aromatic carbocycles. The molecular formula is C19H24N2O. The summed E-state index contributed by atoms with van der Waals surface area (Å²) in [6.45, 7) is 5.18. The SMILES string of the molecule is CCc1nccn1C/C(C)=C/c1ccc(O)c2c1CCCC2. The Labute approximate surface area is 132 Å². The molecule has 1 aliphatic carbocycles. The van der Waals surface area contributed by atoms with Crippen molar-refractivity contribution in [1.82, 2.24) is 9.55 Å². The molecule has 0 radical (unpaired) electrons. The maximum atomic E-state index is 10.1. The molecule has 0 amide bonds. The van der Waals surface area contributed by atoms with Crippen molar-refractivity contribution >= 4 is 6.08 Å². The molecule has 3 rings (SSSR count). The van der Waals surface area contributed by atoms with Gasteiger partial charge < -0.3 is 9.67 Å². The van der Waals surface area contributed by atoms with E-state index in [2.05, 4.69) is 35.5 Å². The molecule has 22 heavy (non-hydrogen) atoms. The fourth-order valence-corrected chi connectivity index (χ4v) is 3.39. The number of benzene rings is 1. The minimum Gasteiger partial charge on any atom is -0.508 e. The van der Waals surface area contributed by atoms with E-state index in [1.807, 2.05) is 18.5 Å². The molecule has 0 fully saturated rings. The summed E-state index contributed by atoms with van der Waals surface area (Å²) in [7, 11) is 0. The van der Waals surface area contributed by atoms with Crippen molar-refractivity contribution in [3.63, 3.8) is 0 Å². The molecular weight excluding hydrogens is 272 g/mol. The van der Waals surface area contributed by atoms with Gasteiger partial charge in [0.1, 0.15) is 11.6 Å². The Morgan fingerprint density at radius 2 is 2.05 bits per heavy atom. The summed E-state index contributed by atoms with van der Waals surface area (Å²) in [6.07, 6.45) is 11.6. The molecule has 0 bridgehead atoms. The first-order valence-electron chi connectivity index (χ1n) is 8.20. The van der Waals surface area contributed by atoms with E-state index < -0.39 is 0 Å². The molecule has 0 spiro atoms. The molecule has 3 heteroatoms. The van der Waals surface area contributed by atoms with Crippen molar-refractivity contribution in [2.45, 2.75) is 52.5 Å². The number of rotatable bonds is 4. The van der Waals surface area contributed by atoms with E-state index in [1.165, 1.54) is 29.5 Å². The Morgan fingerprint density at radius 3 is 2.82 bits per heavy atom. The number of phenolic OH excluding ortho intramolecular Hbond substituents is 1. The first-order chi connectivity index (χ1) is 10.7. The Morgan fingerprint density at radius 1 is 1.27 bits per heavy atom. The van der Waals surface area contributed by atoms with E-state index in [-0.39, 0.29) is 0 Å². The molecule has 0 saturated heterocycles. The standard InChI is InChI=1S/C19H24N2O/c1-3-19-20-10-11-21(19)13-14(2)12-15-8-9-18(22)17-7-5-4-6-16(15)17/h8-12,22H,3-7,13H2,1-2H3/b14-12+. The van der Waals surface area contributed by atoms with Crippen molar-refractivity contribution in [1.29, 1.82) is 0 Å². The number of hydrogen-bond acceptors (Lipinski definition) is 2. The minimum absolute atomic E-state index is 0.465. The van der Waals surface area contributed by atoms with Crippen LogP contribution in [0.1, 0.15) is 49.2 Å². The van der Waals surface area contributed by atoms with Gasteiger partial charge in [-0.05, 0) is 55.4 Å². The van der Waals surface area contributed by atoms with Crippen LogP contribution in [0.25, 0.3) is 6.08 Å². The molecule has 0 atom stereocenters. The lowest BCUT2D eigenvalue weighted by Gasteiger charge is -2.19. The van der Waals surface area contributed by atoms with Crippen LogP contribution < -0.4 is 0 Å². The van der Waals surface area contributed by atoms with Crippen LogP contribution in [0, 0.1) is 0 Å². The zero-order valence-electron chi connectivity index (χ0n) is 13.5. The second-order valence-corrected chi connectivity index (χ2v) is 6.15. The van der Waals surface area contributed by atoms with Crippen LogP contribution in [0.2, 0.25) is 0 Å². The number of fused-ring (bicyclic) bond motifs is 1. The number of allylic oxidation sites excluding steroid dienone is 1. The molecule has 1 aliphatic rings. The Kier molecular flexibility index (Phi) is 4.32. The fraction of sp³-hybridized carbons (Fsp3) is 0.421. The second-order valence-electron chi connectivity index (χ2n) is 6.15. The number of aromatic nitrogens is 2. The molecule has 116 valence electrons. The van der Waals surface area contributed by atoms with Crippen LogP contribution in [-0.2, 0) is 25.8 Å². The van der Waals surface area contributed by atoms with Gasteiger partial charge in [-0.1, -0.05) is 24.6 Å². The highest BCUT2D eigenvalue weighted by molar-refractivity contribution is 5.61. The lowest BCUT2D eigenvalue weighted by Crippen LogP contribution is -2.06. The zero-order valence-corrected chi connectivity index (χ0v) is 13.5. The number of imidazole rings is 1. The van der Waals surface area contributed by atoms with E-state index in [0.717, 1.165) is 37.2 Å². The Hall–Kier alpha value is -2.03. The molecule has 1 N–H and O–H groups in total. The lowest BCUT2D eigenvalue weighted by molar-refractivity contribution is 0.462. The summed E-state index contributed by atoms with van der Waals surface area (Å²) in [4.78, 5) is 4.38. The lowest BCUT2D eigenvalue weighted by atomic mass is 9.87. The largest absolute Gasteiger partial charge is 0.508 e. The monoisotopic (exact) mass is 296 g/mol. The van der Waals surface area contributed by atoms with E-state index in [9.17, 15) is 5.11 Å². The molecule has 0 unspecified atom stereocenters. The number of aryl methyl sites for hydroxylation is 1. The Balaban J connectivity index is 1.88. The molecule has 1 heterocycles. The first kappa shape index (κ1) is 14.9. The van der Waals surface area contributed by atoms with Gasteiger partial charge in [0.15, 0.2) is 0 Å². The normalized spacial score (nSPS) is 14.9. The van der Waals surface area contributed by atoms with Crippen LogP contribution in [0.5, 0.6) is 5.75 Å². The summed E-state index contributed by atoms with van der Waals surface area (Å²) < 4.78 is 2.21. The second kappa shape index (κ2) is 6.39. The van der Waals surface area contributed by atoms with Crippen molar-refractivity contribution in [2.24, 2.45) is 0 Å². The van der Waals surface area contributed by atoms with Crippen LogP contribution in [-0.4, -0.2) is 14.7 Å². The van der Waals surface area contributed by atoms with Crippen LogP contribution in [0.15, 0.2) is 30.1 Å². The van der Waals surface area contributed by atoms with Gasteiger partial charge in [-0.15, -0.1) is 0 Å². The molecule has 1 aromatic heterocycles. The minimum atomic E-state index is 0.465. The van der Waals surface area contributed by atoms with Gasteiger partial charge in [-0.25, -0.2) is 4.98 Å². The summed E-state index contributed by atoms with van der Waals surface area (Å²) in [6, 6.07) is 3.90. The third kappa shape index (κ3) is 2.94. The number of aromatic hydroxyl groups is 1. The van der Waals surface area contributed by atoms with Crippen molar-refractivity contribution in [2.75, 3.05) is 0 Å². The number of hydrogen-bond donors (Lipinski definition) is 1. The van der Waals surface area contributed by atoms with Gasteiger partial charge in [0.05, 0.1) is 0 Å². The molecule has 2 aromatic rings. The number of nitrogens with zero attached hydrogens (tertiary/aromatic N) is 2. The van der Waals surface area contributed by atoms with E-state index >= 15 is 0 Å². The average molecular weight is 296 g/mol. The van der Waals surface area contributed by atoms with Gasteiger partial charge in [0.2, 0.25) is 0 Å². The molecule has 3 nitrogen and oxygen atoms in total. The summed E-state index contributed by atoms with van der Waals surface area (Å²) >= 11 is 0. The number of phenols is 1. The van der Waals surface area contributed by atoms with E-state index in [1.54, 1.807) is 0 Å². The summed E-state index contributed by atoms with van der Waals surface area (Å²) in [5, 5.41) is 10.1. The van der Waals surface area contributed by atoms with Gasteiger partial charge in [-0.3, -0.25) is 0 Å². The summed E-state index contributed by atoms with van der Waals surface area (Å²) in [5.41, 5.74) is 5.07. The first-order valence-corrected chi connectivity index (χ1v) is 8.20. The van der Waals surface area contributed by atoms with Gasteiger partial charge in [0.25, 0.3) is 0 Å². The third-order valence-corrected chi connectivity index (χ3v) is 4.49. The predicted octanol–water partition coefficient (Wildman–Crippen LogP) is 4.13. The maximum absolute atomic E-state index is 10.1. The highest BCUT2D eigenvalue weighted by atomic mass is 16.3. The van der Waals surface area contributed by atoms with Gasteiger partial charge in [-0.2, -0.15) is 0 Å². The van der Waals surface area contributed by atoms with E-state index in [4.69, 9.17) is 0 Å². The average Bonchev–Trinajstić information content (AvgIpc) is 2.97. The van der Waals surface area contributed by atoms with Crippen molar-refractivity contribution < 1.29 is 5.11 Å². The fourth-order valence-electron chi connectivity index (χ4n) is 3.39. The van der Waals surface area contributed by atoms with Crippen LogP contribution >= 0.6 is 0 Å². The van der Waals surface area contributed by atoms with Gasteiger partial charge >= 0.3 is 0 Å². The molecule has 0 aliphatic heterocycles. The van der Waals surface area contributed by atoms with Crippen molar-refractivity contribution in [3.8, 4) is 5.75 Å². The maximum Gasteiger partial charge on any atom is 0.119 e. The Bertz CT molecular complexity index is 697. The highest BCUT2D eigenvalue weighted by Gasteiger charge is 2.15. The quantitative estimate of drug-likeness (QED) is 0.921. The van der Waals surface area contributed by atoms with E-state index in [0.29, 0.717) is 5.75 Å². The zero-order chi connectivity index (χ0) is 15.5. The third-order valence-electron chi connectivity index (χ3n) is 4.49. The predicted molar refractivity (Wildman–Crippen MR) is 90.0 cm³/mol. The smallest absolute Gasteiger partial charge is 0.119 e. The van der Waals surface area contributed by atoms with Crippen LogP contribution in [0.4, 0.5) is 0 Å². The van der Waals surface area contributed by atoms with Gasteiger partial charge in [0, 0.05) is 25.4 Å². The highest BCUT2D eigenvalue weighted by Crippen LogP contribution is 2.32. The summed E-state index contributed by atoms with van der Waals surface area (Å²) in [5.74, 6) is 1.59. The van der Waals surface area contributed by atoms with Crippen molar-refractivity contribution in [3.05, 3.63) is 52.6 Å².